The highest BCUT2D eigenvalue weighted by Gasteiger charge is 2.20. The summed E-state index contributed by atoms with van der Waals surface area (Å²) in [7, 11) is 0. The standard InChI is InChI=1S/C36H22N4/c1-2-11-23(12-3-1)28-17-10-20-33(37-28)39-30-18-8-6-15-27(30)34-32(39)22-21-25-24-13-4-5-14-26(24)36-38-29-16-7-9-19-31(29)40(36)35(25)34/h1-22H. The van der Waals surface area contributed by atoms with Gasteiger partial charge in [-0.1, -0.05) is 97.1 Å². The fraction of sp³-hybridized carbons (Fsp3) is 0. The normalized spacial score (nSPS) is 12.0. The molecule has 0 saturated carbocycles. The summed E-state index contributed by atoms with van der Waals surface area (Å²) < 4.78 is 4.66. The van der Waals surface area contributed by atoms with E-state index in [1.54, 1.807) is 0 Å². The summed E-state index contributed by atoms with van der Waals surface area (Å²) in [6.45, 7) is 0. The molecule has 0 saturated heterocycles. The number of hydrogen-bond donors (Lipinski definition) is 0. The summed E-state index contributed by atoms with van der Waals surface area (Å²) >= 11 is 0. The zero-order chi connectivity index (χ0) is 26.2. The Morgan fingerprint density at radius 2 is 1.18 bits per heavy atom. The van der Waals surface area contributed by atoms with Gasteiger partial charge in [-0.15, -0.1) is 0 Å². The Morgan fingerprint density at radius 3 is 2.05 bits per heavy atom. The van der Waals surface area contributed by atoms with Crippen molar-refractivity contribution in [1.29, 1.82) is 0 Å². The molecule has 0 amide bonds. The van der Waals surface area contributed by atoms with Gasteiger partial charge < -0.3 is 0 Å². The van der Waals surface area contributed by atoms with Crippen LogP contribution in [-0.4, -0.2) is 18.9 Å². The molecule has 0 aliphatic heterocycles. The Hall–Kier alpha value is -5.48. The highest BCUT2D eigenvalue weighted by molar-refractivity contribution is 6.26. The topological polar surface area (TPSA) is 35.1 Å². The zero-order valence-corrected chi connectivity index (χ0v) is 21.5. The van der Waals surface area contributed by atoms with E-state index in [2.05, 4.69) is 136 Å². The molecule has 0 atom stereocenters. The van der Waals surface area contributed by atoms with E-state index < -0.39 is 0 Å². The largest absolute Gasteiger partial charge is 0.294 e. The summed E-state index contributed by atoms with van der Waals surface area (Å²) in [4.78, 5) is 10.3. The molecule has 0 aliphatic rings. The molecule has 0 spiro atoms. The number of imidazole rings is 1. The minimum absolute atomic E-state index is 0.902. The summed E-state index contributed by atoms with van der Waals surface area (Å²) in [6, 6.07) is 46.9. The summed E-state index contributed by atoms with van der Waals surface area (Å²) in [6.07, 6.45) is 0. The van der Waals surface area contributed by atoms with E-state index in [1.807, 2.05) is 6.07 Å². The molecule has 0 fully saturated rings. The third kappa shape index (κ3) is 2.85. The van der Waals surface area contributed by atoms with Gasteiger partial charge in [0, 0.05) is 27.1 Å². The van der Waals surface area contributed by atoms with Gasteiger partial charge in [0.15, 0.2) is 0 Å². The maximum atomic E-state index is 5.16. The molecule has 4 nitrogen and oxygen atoms in total. The SMILES string of the molecule is c1ccc(-c2cccc(-n3c4ccccc4c4c3ccc3c5ccccc5c5nc6ccccc6n5c34)n2)cc1. The predicted molar refractivity (Wildman–Crippen MR) is 165 cm³/mol. The van der Waals surface area contributed by atoms with Crippen molar-refractivity contribution in [3.63, 3.8) is 0 Å². The van der Waals surface area contributed by atoms with Crippen LogP contribution in [0.5, 0.6) is 0 Å². The van der Waals surface area contributed by atoms with Crippen molar-refractivity contribution in [2.45, 2.75) is 0 Å². The zero-order valence-electron chi connectivity index (χ0n) is 21.5. The first-order valence-electron chi connectivity index (χ1n) is 13.5. The van der Waals surface area contributed by atoms with E-state index in [0.29, 0.717) is 0 Å². The van der Waals surface area contributed by atoms with Crippen LogP contribution in [0.3, 0.4) is 0 Å². The molecular formula is C36H22N4. The number of benzene rings is 5. The van der Waals surface area contributed by atoms with Gasteiger partial charge in [-0.3, -0.25) is 8.97 Å². The van der Waals surface area contributed by atoms with Crippen molar-refractivity contribution < 1.29 is 0 Å². The molecule has 4 aromatic heterocycles. The van der Waals surface area contributed by atoms with E-state index in [9.17, 15) is 0 Å². The van der Waals surface area contributed by atoms with Gasteiger partial charge in [-0.2, -0.15) is 0 Å². The van der Waals surface area contributed by atoms with E-state index in [4.69, 9.17) is 9.97 Å². The van der Waals surface area contributed by atoms with Crippen molar-refractivity contribution in [2.75, 3.05) is 0 Å². The fourth-order valence-electron chi connectivity index (χ4n) is 6.40. The highest BCUT2D eigenvalue weighted by Crippen LogP contribution is 2.41. The van der Waals surface area contributed by atoms with Gasteiger partial charge in [-0.25, -0.2) is 9.97 Å². The van der Waals surface area contributed by atoms with Crippen molar-refractivity contribution >= 4 is 60.2 Å². The summed E-state index contributed by atoms with van der Waals surface area (Å²) in [5, 5.41) is 5.99. The Balaban J connectivity index is 1.50. The second-order valence-electron chi connectivity index (χ2n) is 10.3. The maximum absolute atomic E-state index is 5.16. The number of hydrogen-bond acceptors (Lipinski definition) is 2. The lowest BCUT2D eigenvalue weighted by Crippen LogP contribution is -1.99. The number of pyridine rings is 2. The van der Waals surface area contributed by atoms with E-state index in [-0.39, 0.29) is 0 Å². The molecule has 5 aromatic carbocycles. The van der Waals surface area contributed by atoms with Gasteiger partial charge in [-0.05, 0) is 41.8 Å². The number of para-hydroxylation sites is 3. The lowest BCUT2D eigenvalue weighted by atomic mass is 10.0. The smallest absolute Gasteiger partial charge is 0.146 e. The van der Waals surface area contributed by atoms with Gasteiger partial charge in [0.2, 0.25) is 0 Å². The number of fused-ring (bicyclic) bond motifs is 12. The second kappa shape index (κ2) is 8.01. The van der Waals surface area contributed by atoms with Crippen LogP contribution in [0.15, 0.2) is 133 Å². The molecule has 4 heterocycles. The average molecular weight is 511 g/mol. The van der Waals surface area contributed by atoms with Gasteiger partial charge in [0.1, 0.15) is 11.5 Å². The lowest BCUT2D eigenvalue weighted by Gasteiger charge is -2.12. The van der Waals surface area contributed by atoms with Crippen molar-refractivity contribution in [2.24, 2.45) is 0 Å². The van der Waals surface area contributed by atoms with Crippen LogP contribution in [-0.2, 0) is 0 Å². The van der Waals surface area contributed by atoms with Gasteiger partial charge >= 0.3 is 0 Å². The Morgan fingerprint density at radius 1 is 0.450 bits per heavy atom. The van der Waals surface area contributed by atoms with Crippen LogP contribution in [0.2, 0.25) is 0 Å². The van der Waals surface area contributed by atoms with Crippen molar-refractivity contribution in [3.05, 3.63) is 133 Å². The van der Waals surface area contributed by atoms with Crippen molar-refractivity contribution in [3.8, 4) is 17.1 Å². The number of nitrogens with zero attached hydrogens (tertiary/aromatic N) is 4. The van der Waals surface area contributed by atoms with Crippen molar-refractivity contribution in [1.82, 2.24) is 18.9 Å². The minimum Gasteiger partial charge on any atom is -0.294 e. The molecule has 0 aliphatic carbocycles. The molecule has 186 valence electrons. The number of rotatable bonds is 2. The number of aromatic nitrogens is 4. The monoisotopic (exact) mass is 510 g/mol. The maximum Gasteiger partial charge on any atom is 0.146 e. The third-order valence-electron chi connectivity index (χ3n) is 8.09. The van der Waals surface area contributed by atoms with E-state index >= 15 is 0 Å². The fourth-order valence-corrected chi connectivity index (χ4v) is 6.40. The molecule has 9 aromatic rings. The van der Waals surface area contributed by atoms with Crippen LogP contribution >= 0.6 is 0 Å². The van der Waals surface area contributed by atoms with Crippen LogP contribution in [0.25, 0.3) is 77.2 Å². The van der Waals surface area contributed by atoms with Gasteiger partial charge in [0.05, 0.1) is 33.3 Å². The quantitative estimate of drug-likeness (QED) is 0.218. The molecule has 0 N–H and O–H groups in total. The van der Waals surface area contributed by atoms with Crippen LogP contribution in [0.1, 0.15) is 0 Å². The van der Waals surface area contributed by atoms with Gasteiger partial charge in [0.25, 0.3) is 0 Å². The van der Waals surface area contributed by atoms with E-state index in [0.717, 1.165) is 50.2 Å². The average Bonchev–Trinajstić information content (AvgIpc) is 3.58. The van der Waals surface area contributed by atoms with Crippen LogP contribution in [0, 0.1) is 0 Å². The van der Waals surface area contributed by atoms with Crippen LogP contribution in [0.4, 0.5) is 0 Å². The van der Waals surface area contributed by atoms with Crippen LogP contribution < -0.4 is 0 Å². The summed E-state index contributed by atoms with van der Waals surface area (Å²) in [5.41, 5.74) is 8.59. The molecule has 0 unspecified atom stereocenters. The second-order valence-corrected chi connectivity index (χ2v) is 10.3. The minimum atomic E-state index is 0.902. The Bertz CT molecular complexity index is 2430. The molecule has 0 radical (unpaired) electrons. The van der Waals surface area contributed by atoms with E-state index in [1.165, 1.54) is 27.1 Å². The summed E-state index contributed by atoms with van der Waals surface area (Å²) in [5.74, 6) is 0.902. The Kier molecular flexibility index (Phi) is 4.30. The highest BCUT2D eigenvalue weighted by atomic mass is 15.1. The first kappa shape index (κ1) is 21.5. The first-order valence-corrected chi connectivity index (χ1v) is 13.5. The molecule has 9 rings (SSSR count). The third-order valence-corrected chi connectivity index (χ3v) is 8.09. The first-order chi connectivity index (χ1) is 19.9. The molecular weight excluding hydrogens is 488 g/mol. The molecule has 0 bridgehead atoms. The Labute approximate surface area is 229 Å². The lowest BCUT2D eigenvalue weighted by molar-refractivity contribution is 1.08. The molecule has 4 heteroatoms. The predicted octanol–water partition coefficient (Wildman–Crippen LogP) is 8.95. The molecule has 40 heavy (non-hydrogen) atoms.